The quantitative estimate of drug-likeness (QED) is 0.459. The van der Waals surface area contributed by atoms with Crippen LogP contribution in [0.2, 0.25) is 0 Å². The van der Waals surface area contributed by atoms with Gasteiger partial charge in [-0.1, -0.05) is 32.4 Å². The third kappa shape index (κ3) is 5.74. The van der Waals surface area contributed by atoms with Crippen molar-refractivity contribution in [3.8, 4) is 6.07 Å². The van der Waals surface area contributed by atoms with E-state index in [9.17, 15) is 0 Å². The number of hydrogen-bond acceptors (Lipinski definition) is 3. The van der Waals surface area contributed by atoms with Crippen molar-refractivity contribution in [3.05, 3.63) is 45.8 Å². The molecular weight excluding hydrogens is 306 g/mol. The number of rotatable bonds is 7. The van der Waals surface area contributed by atoms with E-state index in [1.54, 1.807) is 0 Å². The molecule has 0 fully saturated rings. The second-order valence-corrected chi connectivity index (χ2v) is 6.63. The Kier molecular flexibility index (Phi) is 8.99. The molecule has 3 heteroatoms. The number of nitriles is 1. The molecule has 0 saturated carbocycles. The fraction of sp³-hybridized carbons (Fsp3) is 0.545. The minimum Gasteiger partial charge on any atom is -0.398 e. The van der Waals surface area contributed by atoms with E-state index >= 15 is 0 Å². The molecule has 1 aliphatic rings. The number of unbranched alkanes of at least 4 members (excludes halogenated alkanes) is 1. The van der Waals surface area contributed by atoms with Gasteiger partial charge in [-0.25, -0.2) is 0 Å². The van der Waals surface area contributed by atoms with E-state index in [4.69, 9.17) is 11.0 Å². The molecule has 1 unspecified atom stereocenters. The Morgan fingerprint density at radius 1 is 1.40 bits per heavy atom. The predicted molar refractivity (Wildman–Crippen MR) is 108 cm³/mol. The predicted octanol–water partition coefficient (Wildman–Crippen LogP) is 5.97. The van der Waals surface area contributed by atoms with Crippen LogP contribution in [0.1, 0.15) is 73.1 Å². The standard InChI is InChI=1S/C22H33N3/c1-6-9-10-20(19-13-11-18(15-23)12-14-19)21(17(5)25-8-3)22(24)16(4)7-2/h8,10,13,18H,6-7,9,11-12,14,24H2,1-5H3/b20-10-,21-17-,22-16-,25-8?. The fourth-order valence-corrected chi connectivity index (χ4v) is 3.08. The summed E-state index contributed by atoms with van der Waals surface area (Å²) in [5.74, 6) is 0.142. The summed E-state index contributed by atoms with van der Waals surface area (Å²) in [5, 5.41) is 9.17. The van der Waals surface area contributed by atoms with Gasteiger partial charge < -0.3 is 5.73 Å². The summed E-state index contributed by atoms with van der Waals surface area (Å²) in [7, 11) is 0. The molecule has 2 N–H and O–H groups in total. The minimum absolute atomic E-state index is 0.142. The van der Waals surface area contributed by atoms with Gasteiger partial charge in [-0.15, -0.1) is 0 Å². The Morgan fingerprint density at radius 2 is 2.12 bits per heavy atom. The second-order valence-electron chi connectivity index (χ2n) is 6.63. The van der Waals surface area contributed by atoms with Crippen LogP contribution < -0.4 is 5.73 Å². The SMILES string of the molecule is CC=N/C(C)=C(C(=C\CCC)/C1=CCC(C#N)CC1)\C(N)=C(/C)CC. The van der Waals surface area contributed by atoms with Crippen LogP contribution in [0.25, 0.3) is 0 Å². The maximum atomic E-state index is 9.17. The second kappa shape index (κ2) is 10.7. The van der Waals surface area contributed by atoms with Gasteiger partial charge in [0.15, 0.2) is 0 Å². The minimum atomic E-state index is 0.142. The van der Waals surface area contributed by atoms with Gasteiger partial charge in [-0.05, 0) is 69.6 Å². The first-order chi connectivity index (χ1) is 12.0. The van der Waals surface area contributed by atoms with E-state index in [1.807, 2.05) is 20.1 Å². The summed E-state index contributed by atoms with van der Waals surface area (Å²) >= 11 is 0. The van der Waals surface area contributed by atoms with E-state index in [-0.39, 0.29) is 5.92 Å². The molecule has 0 aromatic carbocycles. The van der Waals surface area contributed by atoms with Crippen molar-refractivity contribution in [2.75, 3.05) is 0 Å². The van der Waals surface area contributed by atoms with E-state index in [0.717, 1.165) is 55.5 Å². The van der Waals surface area contributed by atoms with Crippen molar-refractivity contribution in [2.24, 2.45) is 16.6 Å². The normalized spacial score (nSPS) is 20.7. The van der Waals surface area contributed by atoms with Crippen LogP contribution >= 0.6 is 0 Å². The average molecular weight is 340 g/mol. The van der Waals surface area contributed by atoms with Gasteiger partial charge in [0.2, 0.25) is 0 Å². The van der Waals surface area contributed by atoms with Crippen molar-refractivity contribution in [1.82, 2.24) is 0 Å². The molecule has 1 atom stereocenters. The molecule has 0 aliphatic heterocycles. The van der Waals surface area contributed by atoms with Crippen LogP contribution in [-0.2, 0) is 0 Å². The van der Waals surface area contributed by atoms with Gasteiger partial charge in [0, 0.05) is 23.2 Å². The maximum absolute atomic E-state index is 9.17. The monoisotopic (exact) mass is 339 g/mol. The summed E-state index contributed by atoms with van der Waals surface area (Å²) in [5.41, 5.74) is 13.1. The fourth-order valence-electron chi connectivity index (χ4n) is 3.08. The zero-order chi connectivity index (χ0) is 18.8. The Bertz CT molecular complexity index is 651. The molecule has 0 aromatic rings. The first kappa shape index (κ1) is 21.0. The molecule has 136 valence electrons. The Labute approximate surface area is 153 Å². The van der Waals surface area contributed by atoms with Crippen LogP contribution in [0.5, 0.6) is 0 Å². The lowest BCUT2D eigenvalue weighted by atomic mass is 9.82. The molecule has 25 heavy (non-hydrogen) atoms. The highest BCUT2D eigenvalue weighted by molar-refractivity contribution is 5.61. The average Bonchev–Trinajstić information content (AvgIpc) is 2.64. The van der Waals surface area contributed by atoms with Gasteiger partial charge in [0.1, 0.15) is 0 Å². The van der Waals surface area contributed by atoms with Crippen molar-refractivity contribution in [2.45, 2.75) is 73.1 Å². The Morgan fingerprint density at radius 3 is 2.60 bits per heavy atom. The number of hydrogen-bond donors (Lipinski definition) is 1. The van der Waals surface area contributed by atoms with Crippen molar-refractivity contribution in [1.29, 1.82) is 5.26 Å². The summed E-state index contributed by atoms with van der Waals surface area (Å²) in [6.07, 6.45) is 12.1. The molecule has 1 rings (SSSR count). The molecule has 0 radical (unpaired) electrons. The first-order valence-electron chi connectivity index (χ1n) is 9.44. The van der Waals surface area contributed by atoms with Gasteiger partial charge in [0.05, 0.1) is 12.0 Å². The molecule has 0 saturated heterocycles. The van der Waals surface area contributed by atoms with Gasteiger partial charge >= 0.3 is 0 Å². The van der Waals surface area contributed by atoms with E-state index in [2.05, 4.69) is 44.0 Å². The summed E-state index contributed by atoms with van der Waals surface area (Å²) in [6.45, 7) is 10.4. The molecule has 0 heterocycles. The van der Waals surface area contributed by atoms with Crippen LogP contribution in [0.4, 0.5) is 0 Å². The van der Waals surface area contributed by atoms with Crippen LogP contribution in [0.3, 0.4) is 0 Å². The summed E-state index contributed by atoms with van der Waals surface area (Å²) < 4.78 is 0. The van der Waals surface area contributed by atoms with Crippen molar-refractivity contribution < 1.29 is 0 Å². The summed E-state index contributed by atoms with van der Waals surface area (Å²) in [6, 6.07) is 2.40. The van der Waals surface area contributed by atoms with Gasteiger partial charge in [-0.3, -0.25) is 4.99 Å². The maximum Gasteiger partial charge on any atom is 0.0659 e. The zero-order valence-electron chi connectivity index (χ0n) is 16.5. The number of aliphatic imine (C=N–C) groups is 1. The molecule has 0 spiro atoms. The van der Waals surface area contributed by atoms with E-state index in [0.29, 0.717) is 0 Å². The Balaban J connectivity index is 3.50. The zero-order valence-corrected chi connectivity index (χ0v) is 16.5. The molecule has 0 bridgehead atoms. The molecule has 1 aliphatic carbocycles. The van der Waals surface area contributed by atoms with Crippen LogP contribution in [0.15, 0.2) is 50.8 Å². The highest BCUT2D eigenvalue weighted by atomic mass is 14.7. The van der Waals surface area contributed by atoms with Gasteiger partial charge in [-0.2, -0.15) is 5.26 Å². The lowest BCUT2D eigenvalue weighted by Gasteiger charge is -2.23. The van der Waals surface area contributed by atoms with E-state index < -0.39 is 0 Å². The molecule has 0 amide bonds. The molecular formula is C22H33N3. The topological polar surface area (TPSA) is 62.2 Å². The highest BCUT2D eigenvalue weighted by Crippen LogP contribution is 2.36. The van der Waals surface area contributed by atoms with E-state index in [1.165, 1.54) is 16.7 Å². The highest BCUT2D eigenvalue weighted by Gasteiger charge is 2.21. The smallest absolute Gasteiger partial charge is 0.0659 e. The lowest BCUT2D eigenvalue weighted by molar-refractivity contribution is 0.582. The number of nitrogens with two attached hydrogens (primary N) is 1. The molecule has 3 nitrogen and oxygen atoms in total. The van der Waals surface area contributed by atoms with Crippen LogP contribution in [0, 0.1) is 17.2 Å². The van der Waals surface area contributed by atoms with Crippen molar-refractivity contribution >= 4 is 6.21 Å². The number of nitrogens with zero attached hydrogens (tertiary/aromatic N) is 2. The van der Waals surface area contributed by atoms with Gasteiger partial charge in [0.25, 0.3) is 0 Å². The van der Waals surface area contributed by atoms with Crippen LogP contribution in [-0.4, -0.2) is 6.21 Å². The summed E-state index contributed by atoms with van der Waals surface area (Å²) in [4.78, 5) is 4.54. The molecule has 0 aromatic heterocycles. The lowest BCUT2D eigenvalue weighted by Crippen LogP contribution is -2.13. The first-order valence-corrected chi connectivity index (χ1v) is 9.44. The third-order valence-electron chi connectivity index (χ3n) is 4.79. The largest absolute Gasteiger partial charge is 0.398 e. The number of allylic oxidation sites excluding steroid dienone is 6. The van der Waals surface area contributed by atoms with Crippen molar-refractivity contribution in [3.63, 3.8) is 0 Å². The Hall–Kier alpha value is -2.08. The third-order valence-corrected chi connectivity index (χ3v) is 4.79.